The number of fused-ring (bicyclic) bond motifs is 2. The Balaban J connectivity index is 1.40. The van der Waals surface area contributed by atoms with E-state index in [0.29, 0.717) is 6.79 Å². The standard InChI is InChI=1S/C20H19N3O2S/c1-2-15(20-19(3-1)24-13-25-20)6-7-23-11-22-17-5-4-14(9-18(17)23)8-16-10-21-12-26-16/h1-5,8-9,11,21H,6-7,10,12-13H2. The summed E-state index contributed by atoms with van der Waals surface area (Å²) >= 11 is 1.87. The molecule has 1 N–H and O–H groups in total. The fourth-order valence-corrected chi connectivity index (χ4v) is 4.23. The molecular weight excluding hydrogens is 346 g/mol. The number of aryl methyl sites for hydroxylation is 2. The van der Waals surface area contributed by atoms with Gasteiger partial charge in [-0.3, -0.25) is 0 Å². The molecule has 5 rings (SSSR count). The molecule has 0 unspecified atom stereocenters. The van der Waals surface area contributed by atoms with Crippen molar-refractivity contribution in [1.82, 2.24) is 14.9 Å². The monoisotopic (exact) mass is 365 g/mol. The molecule has 3 heterocycles. The van der Waals surface area contributed by atoms with Crippen LogP contribution in [0.15, 0.2) is 47.6 Å². The van der Waals surface area contributed by atoms with Crippen LogP contribution in [-0.2, 0) is 13.0 Å². The summed E-state index contributed by atoms with van der Waals surface area (Å²) in [5, 5.41) is 3.35. The third kappa shape index (κ3) is 2.95. The maximum Gasteiger partial charge on any atom is 0.231 e. The second kappa shape index (κ2) is 6.70. The molecule has 6 heteroatoms. The van der Waals surface area contributed by atoms with Gasteiger partial charge in [0.25, 0.3) is 0 Å². The van der Waals surface area contributed by atoms with Crippen LogP contribution < -0.4 is 14.8 Å². The van der Waals surface area contributed by atoms with Crippen LogP contribution in [-0.4, -0.2) is 28.8 Å². The molecule has 1 saturated heterocycles. The Bertz CT molecular complexity index is 988. The average Bonchev–Trinajstić information content (AvgIpc) is 3.41. The highest BCUT2D eigenvalue weighted by Gasteiger charge is 2.17. The number of nitrogens with zero attached hydrogens (tertiary/aromatic N) is 2. The highest BCUT2D eigenvalue weighted by Crippen LogP contribution is 2.35. The lowest BCUT2D eigenvalue weighted by Crippen LogP contribution is -2.04. The Hall–Kier alpha value is -2.44. The quantitative estimate of drug-likeness (QED) is 0.765. The zero-order valence-corrected chi connectivity index (χ0v) is 15.1. The van der Waals surface area contributed by atoms with Crippen LogP contribution >= 0.6 is 11.8 Å². The minimum absolute atomic E-state index is 0.311. The van der Waals surface area contributed by atoms with Crippen LogP contribution in [0.5, 0.6) is 11.5 Å². The van der Waals surface area contributed by atoms with Crippen molar-refractivity contribution in [1.29, 1.82) is 0 Å². The molecule has 0 spiro atoms. The third-order valence-corrected chi connectivity index (χ3v) is 5.71. The molecule has 0 atom stereocenters. The van der Waals surface area contributed by atoms with Gasteiger partial charge in [0.05, 0.1) is 17.4 Å². The summed E-state index contributed by atoms with van der Waals surface area (Å²) in [7, 11) is 0. The number of hydrogen-bond acceptors (Lipinski definition) is 5. The smallest absolute Gasteiger partial charge is 0.231 e. The molecule has 0 bridgehead atoms. The van der Waals surface area contributed by atoms with Gasteiger partial charge in [0.15, 0.2) is 11.5 Å². The number of aromatic nitrogens is 2. The Labute approximate surface area is 156 Å². The normalized spacial score (nSPS) is 17.5. The van der Waals surface area contributed by atoms with Crippen LogP contribution in [0.3, 0.4) is 0 Å². The number of rotatable bonds is 4. The van der Waals surface area contributed by atoms with Crippen LogP contribution in [0.1, 0.15) is 11.1 Å². The molecule has 2 aliphatic rings. The molecule has 2 aliphatic heterocycles. The summed E-state index contributed by atoms with van der Waals surface area (Å²) in [6, 6.07) is 12.5. The molecule has 26 heavy (non-hydrogen) atoms. The summed E-state index contributed by atoms with van der Waals surface area (Å²) in [6.07, 6.45) is 5.06. The molecule has 0 amide bonds. The van der Waals surface area contributed by atoms with Crippen molar-refractivity contribution in [3.63, 3.8) is 0 Å². The number of ether oxygens (including phenoxy) is 2. The van der Waals surface area contributed by atoms with Gasteiger partial charge < -0.3 is 19.4 Å². The molecule has 1 aromatic heterocycles. The molecule has 0 saturated carbocycles. The summed E-state index contributed by atoms with van der Waals surface area (Å²) in [4.78, 5) is 5.93. The van der Waals surface area contributed by atoms with Crippen molar-refractivity contribution >= 4 is 28.9 Å². The first-order valence-electron chi connectivity index (χ1n) is 8.73. The highest BCUT2D eigenvalue weighted by atomic mass is 32.2. The van der Waals surface area contributed by atoms with E-state index in [9.17, 15) is 0 Å². The fraction of sp³-hybridized carbons (Fsp3) is 0.250. The average molecular weight is 365 g/mol. The van der Waals surface area contributed by atoms with E-state index in [2.05, 4.69) is 45.2 Å². The summed E-state index contributed by atoms with van der Waals surface area (Å²) in [6.45, 7) is 2.13. The highest BCUT2D eigenvalue weighted by molar-refractivity contribution is 8.03. The van der Waals surface area contributed by atoms with Gasteiger partial charge in [0.1, 0.15) is 0 Å². The first-order chi connectivity index (χ1) is 12.9. The summed E-state index contributed by atoms with van der Waals surface area (Å²) in [5.41, 5.74) is 4.60. The van der Waals surface area contributed by atoms with Gasteiger partial charge >= 0.3 is 0 Å². The number of thioether (sulfide) groups is 1. The van der Waals surface area contributed by atoms with E-state index in [1.807, 2.05) is 30.2 Å². The summed E-state index contributed by atoms with van der Waals surface area (Å²) in [5.74, 6) is 2.72. The molecular formula is C20H19N3O2S. The molecule has 0 aliphatic carbocycles. The molecule has 132 valence electrons. The van der Waals surface area contributed by atoms with Gasteiger partial charge in [-0.2, -0.15) is 0 Å². The summed E-state index contributed by atoms with van der Waals surface area (Å²) < 4.78 is 13.3. The largest absolute Gasteiger partial charge is 0.454 e. The lowest BCUT2D eigenvalue weighted by atomic mass is 10.1. The topological polar surface area (TPSA) is 48.3 Å². The van der Waals surface area contributed by atoms with Gasteiger partial charge in [-0.15, -0.1) is 11.8 Å². The van der Waals surface area contributed by atoms with E-state index >= 15 is 0 Å². The molecule has 0 radical (unpaired) electrons. The van der Waals surface area contributed by atoms with Gasteiger partial charge in [0.2, 0.25) is 6.79 Å². The van der Waals surface area contributed by atoms with E-state index in [1.54, 1.807) is 0 Å². The van der Waals surface area contributed by atoms with E-state index < -0.39 is 0 Å². The Morgan fingerprint density at radius 3 is 3.15 bits per heavy atom. The van der Waals surface area contributed by atoms with Crippen LogP contribution in [0.25, 0.3) is 17.1 Å². The van der Waals surface area contributed by atoms with Gasteiger partial charge in [-0.1, -0.05) is 18.2 Å². The number of para-hydroxylation sites is 1. The molecule has 3 aromatic rings. The van der Waals surface area contributed by atoms with Crippen molar-refractivity contribution in [2.24, 2.45) is 0 Å². The predicted molar refractivity (Wildman–Crippen MR) is 104 cm³/mol. The van der Waals surface area contributed by atoms with Crippen LogP contribution in [0, 0.1) is 0 Å². The van der Waals surface area contributed by atoms with Crippen molar-refractivity contribution in [2.75, 3.05) is 19.2 Å². The minimum atomic E-state index is 0.311. The van der Waals surface area contributed by atoms with E-state index in [1.165, 1.54) is 21.5 Å². The predicted octanol–water partition coefficient (Wildman–Crippen LogP) is 3.64. The number of nitrogens with one attached hydrogen (secondary N) is 1. The van der Waals surface area contributed by atoms with Crippen molar-refractivity contribution in [3.05, 3.63) is 58.8 Å². The lowest BCUT2D eigenvalue weighted by Gasteiger charge is -2.08. The van der Waals surface area contributed by atoms with Gasteiger partial charge in [0, 0.05) is 23.9 Å². The van der Waals surface area contributed by atoms with E-state index in [4.69, 9.17) is 9.47 Å². The lowest BCUT2D eigenvalue weighted by molar-refractivity contribution is 0.173. The first-order valence-corrected chi connectivity index (χ1v) is 9.72. The van der Waals surface area contributed by atoms with Gasteiger partial charge in [-0.05, 0) is 41.8 Å². The number of benzene rings is 2. The van der Waals surface area contributed by atoms with Crippen molar-refractivity contribution in [3.8, 4) is 11.5 Å². The van der Waals surface area contributed by atoms with E-state index in [0.717, 1.165) is 42.4 Å². The van der Waals surface area contributed by atoms with Crippen molar-refractivity contribution < 1.29 is 9.47 Å². The van der Waals surface area contributed by atoms with Crippen molar-refractivity contribution in [2.45, 2.75) is 13.0 Å². The fourth-order valence-electron chi connectivity index (χ4n) is 3.42. The molecule has 2 aromatic carbocycles. The van der Waals surface area contributed by atoms with E-state index in [-0.39, 0.29) is 0 Å². The molecule has 5 nitrogen and oxygen atoms in total. The minimum Gasteiger partial charge on any atom is -0.454 e. The first kappa shape index (κ1) is 15.8. The van der Waals surface area contributed by atoms with Crippen LogP contribution in [0.2, 0.25) is 0 Å². The Morgan fingerprint density at radius 2 is 2.23 bits per heavy atom. The number of imidazole rings is 1. The van der Waals surface area contributed by atoms with Crippen LogP contribution in [0.4, 0.5) is 0 Å². The maximum absolute atomic E-state index is 5.62. The number of hydrogen-bond donors (Lipinski definition) is 1. The third-order valence-electron chi connectivity index (χ3n) is 4.73. The zero-order chi connectivity index (χ0) is 17.3. The second-order valence-corrected chi connectivity index (χ2v) is 7.51. The Kier molecular flexibility index (Phi) is 4.07. The SMILES string of the molecule is C(=C1CNCS1)c1ccc2ncn(CCc3cccc4c3OCO4)c2c1. The Morgan fingerprint density at radius 1 is 1.23 bits per heavy atom. The maximum atomic E-state index is 5.62. The van der Waals surface area contributed by atoms with Gasteiger partial charge in [-0.25, -0.2) is 4.98 Å². The second-order valence-electron chi connectivity index (χ2n) is 6.41. The molecule has 1 fully saturated rings. The zero-order valence-electron chi connectivity index (χ0n) is 14.3.